The lowest BCUT2D eigenvalue weighted by Gasteiger charge is -2.19. The van der Waals surface area contributed by atoms with Crippen LogP contribution in [-0.4, -0.2) is 33.1 Å². The van der Waals surface area contributed by atoms with E-state index >= 15 is 0 Å². The number of phenolic OH excluding ortho intramolecular Hbond substituents is 3. The van der Waals surface area contributed by atoms with E-state index in [2.05, 4.69) is 0 Å². The molecule has 148 valence electrons. The van der Waals surface area contributed by atoms with E-state index in [1.807, 2.05) is 0 Å². The predicted octanol–water partition coefficient (Wildman–Crippen LogP) is 3.29. The van der Waals surface area contributed by atoms with Crippen molar-refractivity contribution in [1.29, 1.82) is 0 Å². The Morgan fingerprint density at radius 2 is 1.79 bits per heavy atom. The van der Waals surface area contributed by atoms with Crippen LogP contribution in [0.4, 0.5) is 0 Å². The van der Waals surface area contributed by atoms with Crippen LogP contribution in [0.15, 0.2) is 39.5 Å². The number of hydrogen-bond donors (Lipinski definition) is 4. The molecule has 0 fully saturated rings. The summed E-state index contributed by atoms with van der Waals surface area (Å²) in [5.74, 6) is -0.987. The highest BCUT2D eigenvalue weighted by molar-refractivity contribution is 5.87. The second kappa shape index (κ2) is 7.09. The van der Waals surface area contributed by atoms with Crippen LogP contribution in [0.5, 0.6) is 23.0 Å². The average molecular weight is 386 g/mol. The number of hydrogen-bond acceptors (Lipinski definition) is 7. The summed E-state index contributed by atoms with van der Waals surface area (Å²) in [5.41, 5.74) is -0.753. The summed E-state index contributed by atoms with van der Waals surface area (Å²) in [4.78, 5) is 12.9. The van der Waals surface area contributed by atoms with Gasteiger partial charge < -0.3 is 29.6 Å². The zero-order valence-electron chi connectivity index (χ0n) is 15.8. The zero-order chi connectivity index (χ0) is 20.6. The van der Waals surface area contributed by atoms with Gasteiger partial charge in [-0.1, -0.05) is 6.07 Å². The molecule has 1 heterocycles. The van der Waals surface area contributed by atoms with Gasteiger partial charge in [-0.2, -0.15) is 0 Å². The molecule has 4 N–H and O–H groups in total. The molecule has 28 heavy (non-hydrogen) atoms. The van der Waals surface area contributed by atoms with E-state index < -0.39 is 11.0 Å². The van der Waals surface area contributed by atoms with Gasteiger partial charge in [-0.3, -0.25) is 4.79 Å². The van der Waals surface area contributed by atoms with Crippen molar-refractivity contribution in [2.75, 3.05) is 7.11 Å². The molecule has 0 aliphatic rings. The third-order valence-corrected chi connectivity index (χ3v) is 4.55. The van der Waals surface area contributed by atoms with Crippen molar-refractivity contribution < 1.29 is 29.6 Å². The Morgan fingerprint density at radius 1 is 1.07 bits per heavy atom. The van der Waals surface area contributed by atoms with Crippen molar-refractivity contribution in [1.82, 2.24) is 0 Å². The fraction of sp³-hybridized carbons (Fsp3) is 0.286. The molecule has 0 aliphatic carbocycles. The van der Waals surface area contributed by atoms with E-state index in [0.29, 0.717) is 11.1 Å². The van der Waals surface area contributed by atoms with E-state index in [4.69, 9.17) is 9.15 Å². The SMILES string of the molecule is COc1c(-c2ccc(O)c(O)c2CCC(C)(C)O)oc2cccc(O)c2c1=O. The van der Waals surface area contributed by atoms with Crippen LogP contribution in [-0.2, 0) is 6.42 Å². The second-order valence-corrected chi connectivity index (χ2v) is 7.22. The summed E-state index contributed by atoms with van der Waals surface area (Å²) in [6.07, 6.45) is 0.502. The highest BCUT2D eigenvalue weighted by atomic mass is 16.5. The lowest BCUT2D eigenvalue weighted by atomic mass is 9.93. The van der Waals surface area contributed by atoms with Gasteiger partial charge in [-0.15, -0.1) is 0 Å². The zero-order valence-corrected chi connectivity index (χ0v) is 15.8. The first-order valence-electron chi connectivity index (χ1n) is 8.73. The summed E-state index contributed by atoms with van der Waals surface area (Å²) in [6, 6.07) is 7.24. The van der Waals surface area contributed by atoms with E-state index in [0.717, 1.165) is 0 Å². The largest absolute Gasteiger partial charge is 0.507 e. The first-order valence-corrected chi connectivity index (χ1v) is 8.73. The van der Waals surface area contributed by atoms with Gasteiger partial charge in [-0.25, -0.2) is 0 Å². The fourth-order valence-corrected chi connectivity index (χ4v) is 3.09. The quantitative estimate of drug-likeness (QED) is 0.497. The Balaban J connectivity index is 2.31. The minimum absolute atomic E-state index is 0.0101. The smallest absolute Gasteiger partial charge is 0.238 e. The molecule has 3 rings (SSSR count). The third-order valence-electron chi connectivity index (χ3n) is 4.55. The maximum absolute atomic E-state index is 12.9. The van der Waals surface area contributed by atoms with Crippen LogP contribution in [0.25, 0.3) is 22.3 Å². The molecule has 0 aliphatic heterocycles. The van der Waals surface area contributed by atoms with Gasteiger partial charge >= 0.3 is 0 Å². The van der Waals surface area contributed by atoms with Crippen LogP contribution in [0.2, 0.25) is 0 Å². The fourth-order valence-electron chi connectivity index (χ4n) is 3.09. The predicted molar refractivity (Wildman–Crippen MR) is 104 cm³/mol. The topological polar surface area (TPSA) is 120 Å². The molecule has 0 amide bonds. The minimum Gasteiger partial charge on any atom is -0.507 e. The molecular formula is C21H22O7. The van der Waals surface area contributed by atoms with Gasteiger partial charge in [0.05, 0.1) is 12.7 Å². The van der Waals surface area contributed by atoms with Crippen molar-refractivity contribution in [3.8, 4) is 34.3 Å². The van der Waals surface area contributed by atoms with Gasteiger partial charge in [0.25, 0.3) is 0 Å². The highest BCUT2D eigenvalue weighted by Crippen LogP contribution is 2.41. The number of fused-ring (bicyclic) bond motifs is 1. The van der Waals surface area contributed by atoms with Crippen molar-refractivity contribution in [2.45, 2.75) is 32.3 Å². The molecule has 0 bridgehead atoms. The maximum Gasteiger partial charge on any atom is 0.238 e. The van der Waals surface area contributed by atoms with Gasteiger partial charge in [0.15, 0.2) is 17.3 Å². The molecule has 0 saturated carbocycles. The standard InChI is InChI=1S/C21H22O7/c1-21(2,26)10-9-11-12(7-8-14(23)17(11)24)19-20(27-3)18(25)16-13(22)5-4-6-15(16)28-19/h4-8,22-24,26H,9-10H2,1-3H3. The lowest BCUT2D eigenvalue weighted by molar-refractivity contribution is 0.0712. The Hall–Kier alpha value is -3.19. The van der Waals surface area contributed by atoms with Crippen LogP contribution in [0, 0.1) is 0 Å². The molecular weight excluding hydrogens is 364 g/mol. The Bertz CT molecular complexity index is 1090. The monoisotopic (exact) mass is 386 g/mol. The number of rotatable bonds is 5. The van der Waals surface area contributed by atoms with E-state index in [-0.39, 0.29) is 52.6 Å². The van der Waals surface area contributed by atoms with Crippen molar-refractivity contribution in [3.05, 3.63) is 46.1 Å². The molecule has 0 spiro atoms. The lowest BCUT2D eigenvalue weighted by Crippen LogP contribution is -2.19. The molecule has 0 atom stereocenters. The second-order valence-electron chi connectivity index (χ2n) is 7.22. The molecule has 1 aromatic heterocycles. The average Bonchev–Trinajstić information content (AvgIpc) is 2.62. The number of phenols is 3. The van der Waals surface area contributed by atoms with Crippen LogP contribution >= 0.6 is 0 Å². The maximum atomic E-state index is 12.9. The van der Waals surface area contributed by atoms with Crippen LogP contribution in [0.3, 0.4) is 0 Å². The van der Waals surface area contributed by atoms with Crippen molar-refractivity contribution in [3.63, 3.8) is 0 Å². The molecule has 2 aromatic carbocycles. The number of benzene rings is 2. The van der Waals surface area contributed by atoms with E-state index in [1.165, 1.54) is 31.4 Å². The molecule has 0 saturated heterocycles. The molecule has 7 heteroatoms. The Labute approximate surface area is 161 Å². The molecule has 7 nitrogen and oxygen atoms in total. The van der Waals surface area contributed by atoms with Gasteiger partial charge in [0.2, 0.25) is 11.2 Å². The summed E-state index contributed by atoms with van der Waals surface area (Å²) in [7, 11) is 1.30. The molecule has 3 aromatic rings. The summed E-state index contributed by atoms with van der Waals surface area (Å²) < 4.78 is 11.1. The van der Waals surface area contributed by atoms with Gasteiger partial charge in [-0.05, 0) is 51.0 Å². The van der Waals surface area contributed by atoms with Crippen LogP contribution < -0.4 is 10.2 Å². The van der Waals surface area contributed by atoms with Crippen LogP contribution in [0.1, 0.15) is 25.8 Å². The van der Waals surface area contributed by atoms with Gasteiger partial charge in [0, 0.05) is 11.1 Å². The third kappa shape index (κ3) is 3.48. The number of methoxy groups -OCH3 is 1. The van der Waals surface area contributed by atoms with E-state index in [9.17, 15) is 25.2 Å². The Morgan fingerprint density at radius 3 is 2.43 bits per heavy atom. The molecule has 0 unspecified atom stereocenters. The summed E-state index contributed by atoms with van der Waals surface area (Å²) >= 11 is 0. The number of aromatic hydroxyl groups is 3. The first-order chi connectivity index (χ1) is 13.1. The normalized spacial score (nSPS) is 11.7. The molecule has 0 radical (unpaired) electrons. The number of aliphatic hydroxyl groups is 1. The van der Waals surface area contributed by atoms with Crippen molar-refractivity contribution in [2.24, 2.45) is 0 Å². The van der Waals surface area contributed by atoms with Gasteiger partial charge in [0.1, 0.15) is 16.7 Å². The van der Waals surface area contributed by atoms with E-state index in [1.54, 1.807) is 19.9 Å². The first kappa shape index (κ1) is 19.6. The minimum atomic E-state index is -1.00. The summed E-state index contributed by atoms with van der Waals surface area (Å²) in [6.45, 7) is 3.26. The Kier molecular flexibility index (Phi) is 4.95. The highest BCUT2D eigenvalue weighted by Gasteiger charge is 2.24. The summed E-state index contributed by atoms with van der Waals surface area (Å²) in [5, 5.41) is 40.4. The number of ether oxygens (including phenoxy) is 1. The van der Waals surface area contributed by atoms with Crippen molar-refractivity contribution >= 4 is 11.0 Å².